The lowest BCUT2D eigenvalue weighted by Gasteiger charge is -2.36. The third kappa shape index (κ3) is 1.82. The van der Waals surface area contributed by atoms with Gasteiger partial charge in [-0.15, -0.1) is 11.3 Å². The molecular weight excluding hydrogens is 226 g/mol. The Kier molecular flexibility index (Phi) is 2.96. The Hall–Kier alpha value is -1.36. The third-order valence-corrected chi connectivity index (χ3v) is 3.96. The van der Waals surface area contributed by atoms with Crippen LogP contribution < -0.4 is 0 Å². The number of hydrogen-bond donors (Lipinski definition) is 1. The summed E-state index contributed by atoms with van der Waals surface area (Å²) in [5.74, 6) is -1.28. The number of likely N-dealkylation sites (tertiary alicyclic amines) is 1. The van der Waals surface area contributed by atoms with Crippen molar-refractivity contribution in [2.45, 2.75) is 18.9 Å². The smallest absolute Gasteiger partial charge is 0.308 e. The molecule has 1 amide bonds. The zero-order chi connectivity index (χ0) is 11.7. The fourth-order valence-corrected chi connectivity index (χ4v) is 3.08. The van der Waals surface area contributed by atoms with Gasteiger partial charge in [0.1, 0.15) is 0 Å². The second kappa shape index (κ2) is 4.25. The van der Waals surface area contributed by atoms with Gasteiger partial charge in [-0.05, 0) is 17.9 Å². The third-order valence-electron chi connectivity index (χ3n) is 3.01. The summed E-state index contributed by atoms with van der Waals surface area (Å²) in [5, 5.41) is 11.1. The molecule has 0 radical (unpaired) electrons. The molecule has 86 valence electrons. The molecule has 0 spiro atoms. The van der Waals surface area contributed by atoms with Crippen LogP contribution in [0.1, 0.15) is 23.8 Å². The van der Waals surface area contributed by atoms with Crippen LogP contribution in [0.3, 0.4) is 0 Å². The van der Waals surface area contributed by atoms with Gasteiger partial charge in [0.2, 0.25) is 5.91 Å². The molecule has 1 N–H and O–H groups in total. The summed E-state index contributed by atoms with van der Waals surface area (Å²) in [5.41, 5.74) is 0. The second-order valence-electron chi connectivity index (χ2n) is 3.95. The molecular formula is C11H13NO3S. The first kappa shape index (κ1) is 11.1. The van der Waals surface area contributed by atoms with Gasteiger partial charge in [-0.25, -0.2) is 0 Å². The van der Waals surface area contributed by atoms with Gasteiger partial charge in [0.05, 0.1) is 12.0 Å². The molecule has 0 saturated carbocycles. The minimum Gasteiger partial charge on any atom is -0.481 e. The van der Waals surface area contributed by atoms with E-state index in [9.17, 15) is 14.7 Å². The molecule has 4 nitrogen and oxygen atoms in total. The van der Waals surface area contributed by atoms with Gasteiger partial charge in [-0.3, -0.25) is 9.59 Å². The van der Waals surface area contributed by atoms with Gasteiger partial charge < -0.3 is 10.0 Å². The Balaban J connectivity index is 2.34. The van der Waals surface area contributed by atoms with Crippen molar-refractivity contribution < 1.29 is 14.7 Å². The lowest BCUT2D eigenvalue weighted by Crippen LogP contribution is -2.42. The summed E-state index contributed by atoms with van der Waals surface area (Å²) >= 11 is 1.50. The molecule has 0 bridgehead atoms. The zero-order valence-corrected chi connectivity index (χ0v) is 9.74. The van der Waals surface area contributed by atoms with Crippen molar-refractivity contribution in [3.05, 3.63) is 22.4 Å². The topological polar surface area (TPSA) is 57.6 Å². The van der Waals surface area contributed by atoms with Crippen LogP contribution in [0.2, 0.25) is 0 Å². The van der Waals surface area contributed by atoms with Gasteiger partial charge in [-0.1, -0.05) is 6.07 Å². The Labute approximate surface area is 97.5 Å². The van der Waals surface area contributed by atoms with E-state index in [0.29, 0.717) is 12.8 Å². The maximum Gasteiger partial charge on any atom is 0.308 e. The van der Waals surface area contributed by atoms with Gasteiger partial charge in [0, 0.05) is 18.3 Å². The molecule has 1 saturated heterocycles. The molecule has 1 fully saturated rings. The fraction of sp³-hybridized carbons (Fsp3) is 0.455. The number of carbonyl (C=O) groups is 2. The molecule has 0 aromatic carbocycles. The van der Waals surface area contributed by atoms with Gasteiger partial charge >= 0.3 is 5.97 Å². The first-order valence-corrected chi connectivity index (χ1v) is 6.01. The molecule has 0 aliphatic carbocycles. The van der Waals surface area contributed by atoms with E-state index in [2.05, 4.69) is 0 Å². The molecule has 1 aromatic heterocycles. The summed E-state index contributed by atoms with van der Waals surface area (Å²) < 4.78 is 0. The molecule has 1 aliphatic rings. The van der Waals surface area contributed by atoms with Crippen LogP contribution in [-0.2, 0) is 9.59 Å². The lowest BCUT2D eigenvalue weighted by molar-refractivity contribution is -0.150. The van der Waals surface area contributed by atoms with E-state index in [1.807, 2.05) is 17.5 Å². The number of amides is 1. The summed E-state index contributed by atoms with van der Waals surface area (Å²) in [6.45, 7) is 0. The van der Waals surface area contributed by atoms with Crippen molar-refractivity contribution in [2.24, 2.45) is 5.92 Å². The summed E-state index contributed by atoms with van der Waals surface area (Å²) in [7, 11) is 1.68. The van der Waals surface area contributed by atoms with E-state index < -0.39 is 11.9 Å². The van der Waals surface area contributed by atoms with Crippen molar-refractivity contribution in [2.75, 3.05) is 7.05 Å². The summed E-state index contributed by atoms with van der Waals surface area (Å²) in [6.07, 6.45) is 0.760. The lowest BCUT2D eigenvalue weighted by atomic mass is 9.88. The summed E-state index contributed by atoms with van der Waals surface area (Å²) in [6, 6.07) is 3.46. The zero-order valence-electron chi connectivity index (χ0n) is 8.92. The van der Waals surface area contributed by atoms with Crippen LogP contribution in [0.25, 0.3) is 0 Å². The van der Waals surface area contributed by atoms with E-state index in [1.54, 1.807) is 11.9 Å². The normalized spacial score (nSPS) is 25.8. The van der Waals surface area contributed by atoms with Crippen LogP contribution in [0.15, 0.2) is 17.5 Å². The quantitative estimate of drug-likeness (QED) is 0.855. The number of thiophene rings is 1. The van der Waals surface area contributed by atoms with Gasteiger partial charge in [0.25, 0.3) is 0 Å². The highest BCUT2D eigenvalue weighted by Gasteiger charge is 2.39. The second-order valence-corrected chi connectivity index (χ2v) is 4.93. The number of carboxylic acid groups (broad SMARTS) is 1. The minimum absolute atomic E-state index is 0.0240. The van der Waals surface area contributed by atoms with Crippen molar-refractivity contribution in [1.82, 2.24) is 4.90 Å². The monoisotopic (exact) mass is 239 g/mol. The standard InChI is InChI=1S/C11H13NO3S/c1-12-9(13)5-4-7(11(14)15)10(12)8-3-2-6-16-8/h2-3,6-7,10H,4-5H2,1H3,(H,14,15). The predicted octanol–water partition coefficient (Wildman–Crippen LogP) is 1.74. The Morgan fingerprint density at radius 2 is 2.38 bits per heavy atom. The molecule has 2 rings (SSSR count). The number of piperidine rings is 1. The van der Waals surface area contributed by atoms with E-state index in [0.717, 1.165) is 4.88 Å². The van der Waals surface area contributed by atoms with Crippen LogP contribution in [0, 0.1) is 5.92 Å². The molecule has 1 aromatic rings. The van der Waals surface area contributed by atoms with Crippen LogP contribution in [0.4, 0.5) is 0 Å². The minimum atomic E-state index is -0.822. The Morgan fingerprint density at radius 1 is 1.62 bits per heavy atom. The van der Waals surface area contributed by atoms with E-state index in [4.69, 9.17) is 0 Å². The van der Waals surface area contributed by atoms with Crippen molar-refractivity contribution in [3.63, 3.8) is 0 Å². The number of nitrogens with zero attached hydrogens (tertiary/aromatic N) is 1. The fourth-order valence-electron chi connectivity index (χ4n) is 2.15. The largest absolute Gasteiger partial charge is 0.481 e. The molecule has 2 heterocycles. The van der Waals surface area contributed by atoms with Gasteiger partial charge in [0.15, 0.2) is 0 Å². The maximum absolute atomic E-state index is 11.6. The number of rotatable bonds is 2. The molecule has 2 unspecified atom stereocenters. The predicted molar refractivity (Wildman–Crippen MR) is 60.2 cm³/mol. The van der Waals surface area contributed by atoms with E-state index in [-0.39, 0.29) is 11.9 Å². The number of carboxylic acids is 1. The van der Waals surface area contributed by atoms with Crippen LogP contribution in [0.5, 0.6) is 0 Å². The Bertz CT molecular complexity index is 401. The average Bonchev–Trinajstić information content (AvgIpc) is 2.74. The highest BCUT2D eigenvalue weighted by atomic mass is 32.1. The van der Waals surface area contributed by atoms with Crippen molar-refractivity contribution in [1.29, 1.82) is 0 Å². The SMILES string of the molecule is CN1C(=O)CCC(C(=O)O)C1c1cccs1. The highest BCUT2D eigenvalue weighted by Crippen LogP contribution is 2.37. The van der Waals surface area contributed by atoms with E-state index in [1.165, 1.54) is 11.3 Å². The molecule has 2 atom stereocenters. The van der Waals surface area contributed by atoms with Crippen LogP contribution >= 0.6 is 11.3 Å². The number of aliphatic carboxylic acids is 1. The summed E-state index contributed by atoms with van der Waals surface area (Å²) in [4.78, 5) is 25.3. The van der Waals surface area contributed by atoms with Crippen molar-refractivity contribution in [3.8, 4) is 0 Å². The van der Waals surface area contributed by atoms with Crippen LogP contribution in [-0.4, -0.2) is 28.9 Å². The maximum atomic E-state index is 11.6. The number of carbonyl (C=O) groups excluding carboxylic acids is 1. The van der Waals surface area contributed by atoms with Crippen molar-refractivity contribution >= 4 is 23.2 Å². The molecule has 5 heteroatoms. The Morgan fingerprint density at radius 3 is 2.94 bits per heavy atom. The first-order valence-electron chi connectivity index (χ1n) is 5.13. The molecule has 1 aliphatic heterocycles. The highest BCUT2D eigenvalue weighted by molar-refractivity contribution is 7.10. The van der Waals surface area contributed by atoms with Gasteiger partial charge in [-0.2, -0.15) is 0 Å². The number of hydrogen-bond acceptors (Lipinski definition) is 3. The average molecular weight is 239 g/mol. The van der Waals surface area contributed by atoms with E-state index >= 15 is 0 Å². The first-order chi connectivity index (χ1) is 7.61. The molecule has 16 heavy (non-hydrogen) atoms.